The first-order valence-corrected chi connectivity index (χ1v) is 8.52. The summed E-state index contributed by atoms with van der Waals surface area (Å²) in [6.07, 6.45) is -4.81. The number of piperazine rings is 1. The van der Waals surface area contributed by atoms with Crippen LogP contribution in [0.25, 0.3) is 0 Å². The van der Waals surface area contributed by atoms with Gasteiger partial charge in [-0.25, -0.2) is 4.39 Å². The second kappa shape index (κ2) is 8.04. The molecule has 1 atom stereocenters. The zero-order valence-corrected chi connectivity index (χ0v) is 14.6. The van der Waals surface area contributed by atoms with Crippen LogP contribution in [-0.2, 0) is 0 Å². The molecule has 5 nitrogen and oxygen atoms in total. The summed E-state index contributed by atoms with van der Waals surface area (Å²) in [6, 6.07) is 8.67. The SMILES string of the molecule is N#Cc1ccc(F)c(O)c1[C@@H](c1ccc(OC(F)(F)F)cc1)N1CCNCC1. The van der Waals surface area contributed by atoms with Crippen molar-refractivity contribution in [2.75, 3.05) is 26.2 Å². The van der Waals surface area contributed by atoms with Gasteiger partial charge < -0.3 is 15.2 Å². The average molecular weight is 395 g/mol. The zero-order valence-electron chi connectivity index (χ0n) is 14.6. The Morgan fingerprint density at radius 3 is 2.32 bits per heavy atom. The van der Waals surface area contributed by atoms with Crippen LogP contribution in [0.15, 0.2) is 36.4 Å². The normalized spacial score (nSPS) is 16.4. The van der Waals surface area contributed by atoms with E-state index in [1.54, 1.807) is 0 Å². The molecule has 0 radical (unpaired) electrons. The van der Waals surface area contributed by atoms with Gasteiger partial charge in [-0.2, -0.15) is 5.26 Å². The molecule has 2 aromatic carbocycles. The van der Waals surface area contributed by atoms with E-state index in [-0.39, 0.29) is 16.9 Å². The highest BCUT2D eigenvalue weighted by Crippen LogP contribution is 2.39. The van der Waals surface area contributed by atoms with Gasteiger partial charge in [-0.15, -0.1) is 13.2 Å². The molecule has 0 spiro atoms. The number of nitriles is 1. The molecule has 0 bridgehead atoms. The van der Waals surface area contributed by atoms with Crippen molar-refractivity contribution in [3.63, 3.8) is 0 Å². The molecule has 2 N–H and O–H groups in total. The number of hydrogen-bond donors (Lipinski definition) is 2. The van der Waals surface area contributed by atoms with Gasteiger partial charge in [0.2, 0.25) is 0 Å². The van der Waals surface area contributed by atoms with Crippen molar-refractivity contribution in [2.24, 2.45) is 0 Å². The summed E-state index contributed by atoms with van der Waals surface area (Å²) < 4.78 is 55.2. The van der Waals surface area contributed by atoms with Crippen molar-refractivity contribution < 1.29 is 27.4 Å². The molecule has 0 saturated carbocycles. The predicted octanol–water partition coefficient (Wildman–Crippen LogP) is 3.30. The smallest absolute Gasteiger partial charge is 0.505 e. The molecule has 1 saturated heterocycles. The van der Waals surface area contributed by atoms with Crippen molar-refractivity contribution in [1.82, 2.24) is 10.2 Å². The fourth-order valence-electron chi connectivity index (χ4n) is 3.31. The van der Waals surface area contributed by atoms with Crippen LogP contribution in [0.4, 0.5) is 17.6 Å². The zero-order chi connectivity index (χ0) is 20.3. The maximum absolute atomic E-state index is 14.1. The van der Waals surface area contributed by atoms with Crippen LogP contribution in [0.2, 0.25) is 0 Å². The number of nitrogens with one attached hydrogen (secondary N) is 1. The van der Waals surface area contributed by atoms with Crippen LogP contribution in [-0.4, -0.2) is 42.5 Å². The lowest BCUT2D eigenvalue weighted by Gasteiger charge is -2.36. The van der Waals surface area contributed by atoms with Gasteiger partial charge in [0.25, 0.3) is 0 Å². The first-order valence-electron chi connectivity index (χ1n) is 8.52. The van der Waals surface area contributed by atoms with E-state index in [2.05, 4.69) is 10.1 Å². The predicted molar refractivity (Wildman–Crippen MR) is 92.2 cm³/mol. The molecule has 0 aliphatic carbocycles. The van der Waals surface area contributed by atoms with Crippen molar-refractivity contribution in [3.05, 3.63) is 58.9 Å². The molecule has 0 amide bonds. The number of phenols is 1. The minimum Gasteiger partial charge on any atom is -0.505 e. The van der Waals surface area contributed by atoms with Crippen LogP contribution < -0.4 is 10.1 Å². The Bertz CT molecular complexity index is 872. The number of alkyl halides is 3. The van der Waals surface area contributed by atoms with E-state index in [1.807, 2.05) is 11.0 Å². The molecule has 0 unspecified atom stereocenters. The van der Waals surface area contributed by atoms with Gasteiger partial charge in [-0.05, 0) is 29.8 Å². The summed E-state index contributed by atoms with van der Waals surface area (Å²) in [6.45, 7) is 2.38. The van der Waals surface area contributed by atoms with Crippen molar-refractivity contribution >= 4 is 0 Å². The highest BCUT2D eigenvalue weighted by atomic mass is 19.4. The lowest BCUT2D eigenvalue weighted by Crippen LogP contribution is -2.45. The van der Waals surface area contributed by atoms with Gasteiger partial charge in [0, 0.05) is 31.7 Å². The van der Waals surface area contributed by atoms with Crippen LogP contribution in [0, 0.1) is 17.1 Å². The fourth-order valence-corrected chi connectivity index (χ4v) is 3.31. The second-order valence-electron chi connectivity index (χ2n) is 6.27. The van der Waals surface area contributed by atoms with E-state index < -0.39 is 24.0 Å². The highest BCUT2D eigenvalue weighted by molar-refractivity contribution is 5.52. The van der Waals surface area contributed by atoms with Crippen molar-refractivity contribution in [3.8, 4) is 17.6 Å². The van der Waals surface area contributed by atoms with E-state index in [4.69, 9.17) is 0 Å². The lowest BCUT2D eigenvalue weighted by atomic mass is 9.91. The Morgan fingerprint density at radius 2 is 1.75 bits per heavy atom. The third kappa shape index (κ3) is 4.35. The van der Waals surface area contributed by atoms with E-state index in [0.717, 1.165) is 18.2 Å². The number of ether oxygens (including phenoxy) is 1. The third-order valence-electron chi connectivity index (χ3n) is 4.51. The number of benzene rings is 2. The fraction of sp³-hybridized carbons (Fsp3) is 0.316. The first-order chi connectivity index (χ1) is 13.3. The molecular weight excluding hydrogens is 378 g/mol. The minimum atomic E-state index is -4.81. The summed E-state index contributed by atoms with van der Waals surface area (Å²) in [5.41, 5.74) is 0.695. The topological polar surface area (TPSA) is 68.5 Å². The van der Waals surface area contributed by atoms with E-state index in [1.165, 1.54) is 18.2 Å². The number of hydrogen-bond acceptors (Lipinski definition) is 5. The monoisotopic (exact) mass is 395 g/mol. The number of halogens is 4. The molecule has 1 aliphatic rings. The standard InChI is InChI=1S/C19H17F4N3O2/c20-15-6-3-13(11-24)16(18(15)27)17(26-9-7-25-8-10-26)12-1-4-14(5-2-12)28-19(21,22)23/h1-6,17,25,27H,7-10H2/t17-/m1/s1. The molecule has 148 valence electrons. The summed E-state index contributed by atoms with van der Waals surface area (Å²) in [7, 11) is 0. The van der Waals surface area contributed by atoms with E-state index >= 15 is 0 Å². The maximum atomic E-state index is 14.1. The molecule has 3 rings (SSSR count). The molecule has 1 heterocycles. The molecule has 1 fully saturated rings. The summed E-state index contributed by atoms with van der Waals surface area (Å²) in [5, 5.41) is 23.0. The largest absolute Gasteiger partial charge is 0.573 e. The number of phenolic OH excluding ortho intramolecular Hbond substituents is 1. The maximum Gasteiger partial charge on any atom is 0.573 e. The van der Waals surface area contributed by atoms with Crippen LogP contribution in [0.1, 0.15) is 22.7 Å². The lowest BCUT2D eigenvalue weighted by molar-refractivity contribution is -0.274. The van der Waals surface area contributed by atoms with Gasteiger partial charge in [0.05, 0.1) is 17.7 Å². The number of nitrogens with zero attached hydrogens (tertiary/aromatic N) is 2. The Morgan fingerprint density at radius 1 is 1.11 bits per heavy atom. The number of aromatic hydroxyl groups is 1. The second-order valence-corrected chi connectivity index (χ2v) is 6.27. The molecular formula is C19H17F4N3O2. The molecule has 2 aromatic rings. The summed E-state index contributed by atoms with van der Waals surface area (Å²) in [5.74, 6) is -1.90. The quantitative estimate of drug-likeness (QED) is 0.778. The molecule has 0 aromatic heterocycles. The molecule has 1 aliphatic heterocycles. The summed E-state index contributed by atoms with van der Waals surface area (Å²) in [4.78, 5) is 1.94. The third-order valence-corrected chi connectivity index (χ3v) is 4.51. The van der Waals surface area contributed by atoms with E-state index in [0.29, 0.717) is 31.7 Å². The van der Waals surface area contributed by atoms with Crippen LogP contribution in [0.3, 0.4) is 0 Å². The van der Waals surface area contributed by atoms with Gasteiger partial charge in [-0.3, -0.25) is 4.90 Å². The Labute approximate surface area is 158 Å². The van der Waals surface area contributed by atoms with Gasteiger partial charge in [0.1, 0.15) is 5.75 Å². The Kier molecular flexibility index (Phi) is 5.72. The molecule has 9 heteroatoms. The van der Waals surface area contributed by atoms with Gasteiger partial charge in [-0.1, -0.05) is 12.1 Å². The summed E-state index contributed by atoms with van der Waals surface area (Å²) >= 11 is 0. The van der Waals surface area contributed by atoms with Crippen molar-refractivity contribution in [1.29, 1.82) is 5.26 Å². The highest BCUT2D eigenvalue weighted by Gasteiger charge is 2.32. The van der Waals surface area contributed by atoms with Gasteiger partial charge in [0.15, 0.2) is 11.6 Å². The van der Waals surface area contributed by atoms with Crippen LogP contribution in [0.5, 0.6) is 11.5 Å². The Hall–Kier alpha value is -2.83. The number of rotatable bonds is 4. The first kappa shape index (κ1) is 19.9. The van der Waals surface area contributed by atoms with Gasteiger partial charge >= 0.3 is 6.36 Å². The molecule has 28 heavy (non-hydrogen) atoms. The van der Waals surface area contributed by atoms with Crippen LogP contribution >= 0.6 is 0 Å². The van der Waals surface area contributed by atoms with E-state index in [9.17, 15) is 27.9 Å². The Balaban J connectivity index is 2.07. The van der Waals surface area contributed by atoms with Crippen molar-refractivity contribution in [2.45, 2.75) is 12.4 Å². The average Bonchev–Trinajstić information content (AvgIpc) is 2.66. The minimum absolute atomic E-state index is 0.0916.